The standard InChI is InChI=1S/C6H14N2O4S/c1-4-7(2)13(11,12)8(3)5-6(9)10/h4-5H2,1-3H3,(H,9,10). The van der Waals surface area contributed by atoms with E-state index in [1.807, 2.05) is 0 Å². The zero-order valence-electron chi connectivity index (χ0n) is 7.89. The minimum Gasteiger partial charge on any atom is -0.480 e. The molecule has 78 valence electrons. The van der Waals surface area contributed by atoms with Crippen molar-refractivity contribution in [1.29, 1.82) is 0 Å². The molecule has 0 amide bonds. The van der Waals surface area contributed by atoms with Gasteiger partial charge in [-0.3, -0.25) is 4.79 Å². The number of hydrogen-bond acceptors (Lipinski definition) is 3. The molecule has 6 nitrogen and oxygen atoms in total. The van der Waals surface area contributed by atoms with Crippen LogP contribution in [0.1, 0.15) is 6.92 Å². The Labute approximate surface area is 77.9 Å². The summed E-state index contributed by atoms with van der Waals surface area (Å²) in [6.45, 7) is 1.46. The van der Waals surface area contributed by atoms with Crippen LogP contribution in [0.4, 0.5) is 0 Å². The van der Waals surface area contributed by atoms with Crippen LogP contribution in [0.3, 0.4) is 0 Å². The van der Waals surface area contributed by atoms with Crippen LogP contribution in [-0.4, -0.2) is 55.3 Å². The maximum absolute atomic E-state index is 11.4. The zero-order valence-corrected chi connectivity index (χ0v) is 8.71. The SMILES string of the molecule is CCN(C)S(=O)(=O)N(C)CC(=O)O. The van der Waals surface area contributed by atoms with Crippen molar-refractivity contribution in [2.45, 2.75) is 6.92 Å². The predicted octanol–water partition coefficient (Wildman–Crippen LogP) is -0.801. The van der Waals surface area contributed by atoms with Crippen LogP contribution in [0.5, 0.6) is 0 Å². The molecule has 0 heterocycles. The lowest BCUT2D eigenvalue weighted by Gasteiger charge is -2.21. The summed E-state index contributed by atoms with van der Waals surface area (Å²) in [6, 6.07) is 0. The Morgan fingerprint density at radius 1 is 1.31 bits per heavy atom. The van der Waals surface area contributed by atoms with Crippen molar-refractivity contribution < 1.29 is 18.3 Å². The first-order chi connectivity index (χ1) is 5.82. The highest BCUT2D eigenvalue weighted by atomic mass is 32.2. The lowest BCUT2D eigenvalue weighted by atomic mass is 10.7. The van der Waals surface area contributed by atoms with Crippen molar-refractivity contribution in [2.24, 2.45) is 0 Å². The van der Waals surface area contributed by atoms with Crippen molar-refractivity contribution >= 4 is 16.2 Å². The third-order valence-electron chi connectivity index (χ3n) is 1.59. The number of likely N-dealkylation sites (N-methyl/N-ethyl adjacent to an activating group) is 1. The van der Waals surface area contributed by atoms with Gasteiger partial charge in [0.15, 0.2) is 0 Å². The predicted molar refractivity (Wildman–Crippen MR) is 47.5 cm³/mol. The maximum Gasteiger partial charge on any atom is 0.318 e. The van der Waals surface area contributed by atoms with Crippen molar-refractivity contribution in [3.05, 3.63) is 0 Å². The third-order valence-corrected chi connectivity index (χ3v) is 3.55. The second-order valence-electron chi connectivity index (χ2n) is 2.57. The van der Waals surface area contributed by atoms with E-state index in [2.05, 4.69) is 0 Å². The van der Waals surface area contributed by atoms with Gasteiger partial charge in [0.2, 0.25) is 0 Å². The number of carboxylic acids is 1. The number of hydrogen-bond donors (Lipinski definition) is 1. The fourth-order valence-electron chi connectivity index (χ4n) is 0.673. The molecule has 0 spiro atoms. The minimum atomic E-state index is -3.60. The second-order valence-corrected chi connectivity index (χ2v) is 4.71. The van der Waals surface area contributed by atoms with Crippen LogP contribution >= 0.6 is 0 Å². The lowest BCUT2D eigenvalue weighted by Crippen LogP contribution is -2.41. The molecule has 0 bridgehead atoms. The summed E-state index contributed by atoms with van der Waals surface area (Å²) in [5.74, 6) is -1.17. The fraction of sp³-hybridized carbons (Fsp3) is 0.833. The molecule has 13 heavy (non-hydrogen) atoms. The Bertz CT molecular complexity index is 274. The van der Waals surface area contributed by atoms with E-state index in [9.17, 15) is 13.2 Å². The quantitative estimate of drug-likeness (QED) is 0.644. The first-order valence-corrected chi connectivity index (χ1v) is 5.11. The highest BCUT2D eigenvalue weighted by Gasteiger charge is 2.23. The first-order valence-electron chi connectivity index (χ1n) is 3.71. The van der Waals surface area contributed by atoms with Crippen molar-refractivity contribution in [3.63, 3.8) is 0 Å². The molecule has 0 aliphatic carbocycles. The van der Waals surface area contributed by atoms with E-state index in [0.717, 1.165) is 8.61 Å². The highest BCUT2D eigenvalue weighted by molar-refractivity contribution is 7.86. The number of nitrogens with zero attached hydrogens (tertiary/aromatic N) is 2. The molecule has 7 heteroatoms. The topological polar surface area (TPSA) is 77.9 Å². The zero-order chi connectivity index (χ0) is 10.6. The molecule has 1 N–H and O–H groups in total. The highest BCUT2D eigenvalue weighted by Crippen LogP contribution is 2.01. The minimum absolute atomic E-state index is 0.312. The van der Waals surface area contributed by atoms with E-state index in [-0.39, 0.29) is 0 Å². The van der Waals surface area contributed by atoms with E-state index in [4.69, 9.17) is 5.11 Å². The molecule has 0 aliphatic heterocycles. The first kappa shape index (κ1) is 12.3. The second kappa shape index (κ2) is 4.54. The van der Waals surface area contributed by atoms with Gasteiger partial charge in [-0.2, -0.15) is 17.0 Å². The van der Waals surface area contributed by atoms with E-state index >= 15 is 0 Å². The molecular weight excluding hydrogens is 196 g/mol. The van der Waals surface area contributed by atoms with Gasteiger partial charge in [-0.25, -0.2) is 0 Å². The van der Waals surface area contributed by atoms with Gasteiger partial charge in [-0.05, 0) is 0 Å². The molecule has 0 rings (SSSR count). The Hall–Kier alpha value is -0.660. The number of carboxylic acid groups (broad SMARTS) is 1. The third kappa shape index (κ3) is 3.29. The summed E-state index contributed by atoms with van der Waals surface area (Å²) in [5.41, 5.74) is 0. The summed E-state index contributed by atoms with van der Waals surface area (Å²) in [4.78, 5) is 10.2. The van der Waals surface area contributed by atoms with Gasteiger partial charge in [0.1, 0.15) is 6.54 Å². The van der Waals surface area contributed by atoms with Crippen molar-refractivity contribution in [3.8, 4) is 0 Å². The molecule has 0 aliphatic rings. The monoisotopic (exact) mass is 210 g/mol. The van der Waals surface area contributed by atoms with Crippen LogP contribution in [0.25, 0.3) is 0 Å². The maximum atomic E-state index is 11.4. The summed E-state index contributed by atoms with van der Waals surface area (Å²) in [5, 5.41) is 8.38. The summed E-state index contributed by atoms with van der Waals surface area (Å²) in [7, 11) is -0.970. The van der Waals surface area contributed by atoms with Crippen molar-refractivity contribution in [1.82, 2.24) is 8.61 Å². The molecule has 0 radical (unpaired) electrons. The van der Waals surface area contributed by atoms with Gasteiger partial charge in [0.05, 0.1) is 0 Å². The van der Waals surface area contributed by atoms with Crippen LogP contribution in [0, 0.1) is 0 Å². The molecule has 0 saturated heterocycles. The van der Waals surface area contributed by atoms with E-state index in [1.54, 1.807) is 6.92 Å². The molecule has 0 fully saturated rings. The molecule has 0 atom stereocenters. The summed E-state index contributed by atoms with van der Waals surface area (Å²) >= 11 is 0. The van der Waals surface area contributed by atoms with Gasteiger partial charge < -0.3 is 5.11 Å². The Morgan fingerprint density at radius 2 is 1.77 bits per heavy atom. The van der Waals surface area contributed by atoms with E-state index in [1.165, 1.54) is 14.1 Å². The average Bonchev–Trinajstić information content (AvgIpc) is 2.01. The molecular formula is C6H14N2O4S. The van der Waals surface area contributed by atoms with Crippen molar-refractivity contribution in [2.75, 3.05) is 27.2 Å². The van der Waals surface area contributed by atoms with E-state index < -0.39 is 22.7 Å². The Balaban J connectivity index is 4.55. The van der Waals surface area contributed by atoms with Crippen LogP contribution in [0.15, 0.2) is 0 Å². The van der Waals surface area contributed by atoms with Gasteiger partial charge >= 0.3 is 5.97 Å². The molecule has 0 aromatic heterocycles. The fourth-order valence-corrected chi connectivity index (χ4v) is 1.75. The Kier molecular flexibility index (Phi) is 4.31. The molecule has 0 saturated carbocycles. The molecule has 0 aromatic carbocycles. The molecule has 0 aromatic rings. The normalized spacial score (nSPS) is 12.4. The van der Waals surface area contributed by atoms with Crippen LogP contribution < -0.4 is 0 Å². The van der Waals surface area contributed by atoms with Gasteiger partial charge in [0.25, 0.3) is 10.2 Å². The van der Waals surface area contributed by atoms with Gasteiger partial charge in [-0.15, -0.1) is 0 Å². The Morgan fingerprint density at radius 3 is 2.08 bits per heavy atom. The van der Waals surface area contributed by atoms with Crippen LogP contribution in [0.2, 0.25) is 0 Å². The summed E-state index contributed by atoms with van der Waals surface area (Å²) in [6.07, 6.45) is 0. The smallest absolute Gasteiger partial charge is 0.318 e. The molecule has 0 unspecified atom stereocenters. The average molecular weight is 210 g/mol. The number of rotatable bonds is 5. The number of carbonyl (C=O) groups is 1. The van der Waals surface area contributed by atoms with Crippen LogP contribution in [-0.2, 0) is 15.0 Å². The van der Waals surface area contributed by atoms with Gasteiger partial charge in [0, 0.05) is 20.6 Å². The number of aliphatic carboxylic acids is 1. The van der Waals surface area contributed by atoms with E-state index in [0.29, 0.717) is 6.54 Å². The van der Waals surface area contributed by atoms with Gasteiger partial charge in [-0.1, -0.05) is 6.92 Å². The lowest BCUT2D eigenvalue weighted by molar-refractivity contribution is -0.137. The largest absolute Gasteiger partial charge is 0.480 e. The summed E-state index contributed by atoms with van der Waals surface area (Å²) < 4.78 is 24.6.